The number of amides is 1. The maximum Gasteiger partial charge on any atom is 0.283 e. The van der Waals surface area contributed by atoms with E-state index in [0.717, 1.165) is 0 Å². The van der Waals surface area contributed by atoms with E-state index in [1.54, 1.807) is 7.05 Å². The molecule has 0 aliphatic heterocycles. The topological polar surface area (TPSA) is 80.5 Å². The minimum Gasteiger partial charge on any atom is -0.338 e. The maximum absolute atomic E-state index is 12.5. The predicted molar refractivity (Wildman–Crippen MR) is 77.5 cm³/mol. The normalized spacial score (nSPS) is 15.8. The van der Waals surface area contributed by atoms with Gasteiger partial charge in [0.1, 0.15) is 11.3 Å². The summed E-state index contributed by atoms with van der Waals surface area (Å²) >= 11 is 5.97. The minimum absolute atomic E-state index is 0.0629. The molecule has 0 bridgehead atoms. The molecule has 0 atom stereocenters. The summed E-state index contributed by atoms with van der Waals surface area (Å²) in [6, 6.07) is 4.07. The van der Waals surface area contributed by atoms with E-state index in [1.165, 1.54) is 23.1 Å². The van der Waals surface area contributed by atoms with Crippen LogP contribution >= 0.6 is 11.6 Å². The zero-order chi connectivity index (χ0) is 15.6. The van der Waals surface area contributed by atoms with Crippen LogP contribution in [0.15, 0.2) is 18.2 Å². The van der Waals surface area contributed by atoms with Crippen molar-refractivity contribution in [2.75, 3.05) is 7.05 Å². The Labute approximate surface area is 126 Å². The molecule has 0 unspecified atom stereocenters. The molecule has 112 valence electrons. The van der Waals surface area contributed by atoms with Gasteiger partial charge in [0, 0.05) is 32.0 Å². The van der Waals surface area contributed by atoms with Gasteiger partial charge in [0.05, 0.1) is 9.95 Å². The summed E-state index contributed by atoms with van der Waals surface area (Å²) in [5, 5.41) is 11.1. The molecule has 1 saturated carbocycles. The molecule has 0 radical (unpaired) electrons. The Bertz CT molecular complexity index is 593. The lowest BCUT2D eigenvalue weighted by atomic mass is 9.93. The molecule has 1 aromatic carbocycles. The maximum atomic E-state index is 12.5. The third-order valence-electron chi connectivity index (χ3n) is 3.78. The fourth-order valence-electron chi connectivity index (χ4n) is 2.53. The molecule has 1 fully saturated rings. The number of carbonyl (C=O) groups excluding carboxylic acids is 2. The van der Waals surface area contributed by atoms with Gasteiger partial charge in [-0.15, -0.1) is 0 Å². The van der Waals surface area contributed by atoms with Crippen LogP contribution in [0.4, 0.5) is 5.69 Å². The number of ketones is 1. The third kappa shape index (κ3) is 3.21. The highest BCUT2D eigenvalue weighted by molar-refractivity contribution is 6.34. The Hall–Kier alpha value is -1.95. The van der Waals surface area contributed by atoms with E-state index in [1.807, 2.05) is 0 Å². The van der Waals surface area contributed by atoms with Gasteiger partial charge in [-0.05, 0) is 18.9 Å². The number of rotatable bonds is 3. The Morgan fingerprint density at radius 3 is 2.57 bits per heavy atom. The summed E-state index contributed by atoms with van der Waals surface area (Å²) in [6.07, 6.45) is 2.04. The summed E-state index contributed by atoms with van der Waals surface area (Å²) < 4.78 is 0. The zero-order valence-corrected chi connectivity index (χ0v) is 12.3. The van der Waals surface area contributed by atoms with Crippen molar-refractivity contribution in [2.45, 2.75) is 31.7 Å². The monoisotopic (exact) mass is 310 g/mol. The quantitative estimate of drug-likeness (QED) is 0.635. The van der Waals surface area contributed by atoms with Gasteiger partial charge in [0.15, 0.2) is 0 Å². The second-order valence-electron chi connectivity index (χ2n) is 5.08. The summed E-state index contributed by atoms with van der Waals surface area (Å²) in [5.74, 6) is -0.289. The van der Waals surface area contributed by atoms with E-state index >= 15 is 0 Å². The molecule has 0 aromatic heterocycles. The lowest BCUT2D eigenvalue weighted by Crippen LogP contribution is -2.39. The van der Waals surface area contributed by atoms with Crippen molar-refractivity contribution in [1.82, 2.24) is 4.90 Å². The van der Waals surface area contributed by atoms with Crippen LogP contribution in [-0.2, 0) is 4.79 Å². The van der Waals surface area contributed by atoms with Crippen LogP contribution < -0.4 is 0 Å². The number of nitro benzene ring substituents is 1. The molecule has 0 N–H and O–H groups in total. The second-order valence-corrected chi connectivity index (χ2v) is 5.48. The van der Waals surface area contributed by atoms with Gasteiger partial charge in [-0.1, -0.05) is 17.7 Å². The summed E-state index contributed by atoms with van der Waals surface area (Å²) in [6.45, 7) is 0. The predicted octanol–water partition coefficient (Wildman–Crippen LogP) is 2.83. The second kappa shape index (κ2) is 6.22. The molecule has 1 aromatic rings. The Balaban J connectivity index is 2.27. The Morgan fingerprint density at radius 1 is 1.38 bits per heavy atom. The minimum atomic E-state index is -0.614. The first-order valence-corrected chi connectivity index (χ1v) is 7.01. The number of halogens is 1. The van der Waals surface area contributed by atoms with Crippen LogP contribution in [0, 0.1) is 10.1 Å². The van der Waals surface area contributed by atoms with E-state index in [4.69, 9.17) is 11.6 Å². The van der Waals surface area contributed by atoms with Crippen LogP contribution in [0.5, 0.6) is 0 Å². The molecule has 1 aliphatic rings. The van der Waals surface area contributed by atoms with Crippen LogP contribution in [0.2, 0.25) is 5.02 Å². The molecule has 1 aliphatic carbocycles. The number of benzene rings is 1. The standard InChI is InChI=1S/C14H15ClN2O4/c1-16(9-5-7-10(18)8-6-9)14(19)13-11(15)3-2-4-12(13)17(20)21/h2-4,9H,5-8H2,1H3. The highest BCUT2D eigenvalue weighted by Gasteiger charge is 2.31. The van der Waals surface area contributed by atoms with Crippen LogP contribution in [-0.4, -0.2) is 34.6 Å². The van der Waals surface area contributed by atoms with E-state index < -0.39 is 10.8 Å². The SMILES string of the molecule is CN(C(=O)c1c(Cl)cccc1[N+](=O)[O-])C1CCC(=O)CC1. The number of hydrogen-bond donors (Lipinski definition) is 0. The van der Waals surface area contributed by atoms with E-state index in [2.05, 4.69) is 0 Å². The first-order chi connectivity index (χ1) is 9.91. The Kier molecular flexibility index (Phi) is 4.57. The molecule has 2 rings (SSSR count). The summed E-state index contributed by atoms with van der Waals surface area (Å²) in [5.41, 5.74) is -0.394. The first-order valence-electron chi connectivity index (χ1n) is 6.63. The number of Topliss-reactive ketones (excluding diaryl/α,β-unsaturated/α-hetero) is 1. The van der Waals surface area contributed by atoms with Crippen molar-refractivity contribution in [3.05, 3.63) is 38.9 Å². The van der Waals surface area contributed by atoms with Crippen LogP contribution in [0.3, 0.4) is 0 Å². The van der Waals surface area contributed by atoms with E-state index in [-0.39, 0.29) is 28.1 Å². The molecule has 0 spiro atoms. The summed E-state index contributed by atoms with van der Waals surface area (Å²) in [7, 11) is 1.59. The molecule has 0 saturated heterocycles. The molecular formula is C14H15ClN2O4. The molecule has 6 nitrogen and oxygen atoms in total. The van der Waals surface area contributed by atoms with Crippen molar-refractivity contribution in [2.24, 2.45) is 0 Å². The highest BCUT2D eigenvalue weighted by atomic mass is 35.5. The van der Waals surface area contributed by atoms with E-state index in [0.29, 0.717) is 25.7 Å². The van der Waals surface area contributed by atoms with Gasteiger partial charge in [0.2, 0.25) is 0 Å². The zero-order valence-electron chi connectivity index (χ0n) is 11.5. The van der Waals surface area contributed by atoms with Crippen molar-refractivity contribution in [1.29, 1.82) is 0 Å². The van der Waals surface area contributed by atoms with Crippen LogP contribution in [0.1, 0.15) is 36.0 Å². The number of nitrogens with zero attached hydrogens (tertiary/aromatic N) is 2. The fraction of sp³-hybridized carbons (Fsp3) is 0.429. The largest absolute Gasteiger partial charge is 0.338 e. The molecule has 1 amide bonds. The average molecular weight is 311 g/mol. The average Bonchev–Trinajstić information content (AvgIpc) is 2.46. The number of nitro groups is 1. The molecular weight excluding hydrogens is 296 g/mol. The third-order valence-corrected chi connectivity index (χ3v) is 4.10. The van der Waals surface area contributed by atoms with Gasteiger partial charge in [0.25, 0.3) is 11.6 Å². The van der Waals surface area contributed by atoms with Crippen molar-refractivity contribution >= 4 is 29.0 Å². The van der Waals surface area contributed by atoms with Gasteiger partial charge < -0.3 is 4.90 Å². The number of hydrogen-bond acceptors (Lipinski definition) is 4. The molecule has 0 heterocycles. The highest BCUT2D eigenvalue weighted by Crippen LogP contribution is 2.29. The van der Waals surface area contributed by atoms with Crippen molar-refractivity contribution < 1.29 is 14.5 Å². The van der Waals surface area contributed by atoms with Gasteiger partial charge in [-0.25, -0.2) is 0 Å². The summed E-state index contributed by atoms with van der Waals surface area (Å²) in [4.78, 5) is 35.7. The lowest BCUT2D eigenvalue weighted by molar-refractivity contribution is -0.385. The Morgan fingerprint density at radius 2 is 2.00 bits per heavy atom. The fourth-order valence-corrected chi connectivity index (χ4v) is 2.78. The van der Waals surface area contributed by atoms with Gasteiger partial charge in [-0.2, -0.15) is 0 Å². The lowest BCUT2D eigenvalue weighted by Gasteiger charge is -2.30. The van der Waals surface area contributed by atoms with Crippen molar-refractivity contribution in [3.8, 4) is 0 Å². The number of carbonyl (C=O) groups is 2. The van der Waals surface area contributed by atoms with Gasteiger partial charge >= 0.3 is 0 Å². The first kappa shape index (κ1) is 15.4. The van der Waals surface area contributed by atoms with E-state index in [9.17, 15) is 19.7 Å². The smallest absolute Gasteiger partial charge is 0.283 e. The van der Waals surface area contributed by atoms with Crippen molar-refractivity contribution in [3.63, 3.8) is 0 Å². The molecule has 21 heavy (non-hydrogen) atoms. The van der Waals surface area contributed by atoms with Gasteiger partial charge in [-0.3, -0.25) is 19.7 Å². The van der Waals surface area contributed by atoms with Crippen LogP contribution in [0.25, 0.3) is 0 Å². The molecule has 7 heteroatoms.